The maximum absolute atomic E-state index is 12.7. The Hall–Kier alpha value is -4.09. The van der Waals surface area contributed by atoms with E-state index in [1.54, 1.807) is 12.1 Å². The molecule has 0 aliphatic carbocycles. The van der Waals surface area contributed by atoms with Crippen molar-refractivity contribution in [1.82, 2.24) is 20.0 Å². The van der Waals surface area contributed by atoms with Crippen LogP contribution in [-0.4, -0.2) is 30.9 Å². The van der Waals surface area contributed by atoms with Crippen molar-refractivity contribution in [3.63, 3.8) is 0 Å². The molecule has 0 fully saturated rings. The predicted molar refractivity (Wildman–Crippen MR) is 115 cm³/mol. The van der Waals surface area contributed by atoms with Crippen molar-refractivity contribution in [1.29, 1.82) is 0 Å². The minimum absolute atomic E-state index is 0.000914. The minimum Gasteiger partial charge on any atom is -0.452 e. The van der Waals surface area contributed by atoms with Gasteiger partial charge in [-0.05, 0) is 24.3 Å². The summed E-state index contributed by atoms with van der Waals surface area (Å²) in [6.45, 7) is -0.350. The first-order chi connectivity index (χ1) is 15.8. The van der Waals surface area contributed by atoms with Crippen LogP contribution in [0.4, 0.5) is 5.69 Å². The Morgan fingerprint density at radius 2 is 1.85 bits per heavy atom. The van der Waals surface area contributed by atoms with Gasteiger partial charge in [-0.1, -0.05) is 35.3 Å². The zero-order chi connectivity index (χ0) is 23.5. The molecule has 0 aliphatic heterocycles. The van der Waals surface area contributed by atoms with E-state index < -0.39 is 16.5 Å². The van der Waals surface area contributed by atoms with Crippen molar-refractivity contribution in [2.45, 2.75) is 6.61 Å². The largest absolute Gasteiger partial charge is 0.452 e. The molecule has 0 radical (unpaired) electrons. The molecule has 2 heterocycles. The second kappa shape index (κ2) is 9.18. The molecule has 0 saturated heterocycles. The smallest absolute Gasteiger partial charge is 0.340 e. The molecule has 0 amide bonds. The van der Waals surface area contributed by atoms with Gasteiger partial charge in [0.25, 0.3) is 17.1 Å². The lowest BCUT2D eigenvalue weighted by Gasteiger charge is -2.10. The quantitative estimate of drug-likeness (QED) is 0.225. The summed E-state index contributed by atoms with van der Waals surface area (Å²) in [5.74, 6) is -0.678. The number of hydrogen-bond donors (Lipinski definition) is 0. The van der Waals surface area contributed by atoms with Gasteiger partial charge in [0.05, 0.1) is 27.4 Å². The summed E-state index contributed by atoms with van der Waals surface area (Å²) in [7, 11) is 0. The molecule has 0 aliphatic rings. The minimum atomic E-state index is -0.777. The third-order valence-electron chi connectivity index (χ3n) is 4.35. The number of nitrogens with zero attached hydrogens (tertiary/aromatic N) is 5. The van der Waals surface area contributed by atoms with Gasteiger partial charge < -0.3 is 9.15 Å². The van der Waals surface area contributed by atoms with Crippen LogP contribution in [-0.2, 0) is 11.3 Å². The number of carbonyl (C=O) groups excluding carboxylic acids is 1. The van der Waals surface area contributed by atoms with Crippen LogP contribution in [0.3, 0.4) is 0 Å². The fourth-order valence-corrected chi connectivity index (χ4v) is 3.03. The van der Waals surface area contributed by atoms with Gasteiger partial charge in [-0.2, -0.15) is 9.78 Å². The zero-order valence-corrected chi connectivity index (χ0v) is 17.9. The average molecular weight is 488 g/mol. The standard InChI is InChI=1S/C20H11Cl2N5O6/c21-14-9-23-26(19(28)17(14)22)15-4-2-1-3-13(15)20(29)32-10-16-24-25-18(33-16)11-5-7-12(8-6-11)27(30)31/h1-9H,10H2. The third kappa shape index (κ3) is 4.59. The second-order valence-corrected chi connectivity index (χ2v) is 7.21. The van der Waals surface area contributed by atoms with E-state index >= 15 is 0 Å². The van der Waals surface area contributed by atoms with Gasteiger partial charge in [0, 0.05) is 17.7 Å². The number of esters is 1. The SMILES string of the molecule is O=C(OCc1nnc(-c2ccc([N+](=O)[O-])cc2)o1)c1ccccc1-n1ncc(Cl)c(Cl)c1=O. The lowest BCUT2D eigenvalue weighted by atomic mass is 10.2. The van der Waals surface area contributed by atoms with Gasteiger partial charge in [0.2, 0.25) is 5.89 Å². The molecule has 166 valence electrons. The highest BCUT2D eigenvalue weighted by Crippen LogP contribution is 2.22. The number of non-ortho nitro benzene ring substituents is 1. The van der Waals surface area contributed by atoms with E-state index in [1.807, 2.05) is 0 Å². The highest BCUT2D eigenvalue weighted by Gasteiger charge is 2.19. The van der Waals surface area contributed by atoms with Crippen LogP contribution in [0.1, 0.15) is 16.2 Å². The summed E-state index contributed by atoms with van der Waals surface area (Å²) >= 11 is 11.7. The predicted octanol–water partition coefficient (Wildman–Crippen LogP) is 3.85. The Balaban J connectivity index is 1.51. The molecule has 0 unspecified atom stereocenters. The molecule has 0 spiro atoms. The van der Waals surface area contributed by atoms with Gasteiger partial charge in [-0.25, -0.2) is 4.79 Å². The topological polar surface area (TPSA) is 143 Å². The molecule has 0 N–H and O–H groups in total. The van der Waals surface area contributed by atoms with E-state index in [0.717, 1.165) is 4.68 Å². The Kier molecular flexibility index (Phi) is 6.16. The molecule has 33 heavy (non-hydrogen) atoms. The average Bonchev–Trinajstić information content (AvgIpc) is 3.30. The Morgan fingerprint density at radius 1 is 1.12 bits per heavy atom. The van der Waals surface area contributed by atoms with E-state index in [9.17, 15) is 19.7 Å². The van der Waals surface area contributed by atoms with Crippen LogP contribution in [0.25, 0.3) is 17.1 Å². The molecule has 0 saturated carbocycles. The summed E-state index contributed by atoms with van der Waals surface area (Å²) in [5, 5.41) is 22.1. The van der Waals surface area contributed by atoms with E-state index in [4.69, 9.17) is 32.4 Å². The number of carbonyl (C=O) groups is 1. The van der Waals surface area contributed by atoms with Crippen LogP contribution in [0.5, 0.6) is 0 Å². The fourth-order valence-electron chi connectivity index (χ4n) is 2.77. The first-order valence-corrected chi connectivity index (χ1v) is 9.88. The van der Waals surface area contributed by atoms with E-state index in [1.165, 1.54) is 42.6 Å². The number of halogens is 2. The van der Waals surface area contributed by atoms with Crippen LogP contribution in [0.2, 0.25) is 10.0 Å². The summed E-state index contributed by atoms with van der Waals surface area (Å²) < 4.78 is 11.6. The Bertz CT molecular complexity index is 1420. The van der Waals surface area contributed by atoms with Crippen molar-refractivity contribution in [2.75, 3.05) is 0 Å². The van der Waals surface area contributed by atoms with Gasteiger partial charge in [-0.15, -0.1) is 10.2 Å². The maximum atomic E-state index is 12.7. The van der Waals surface area contributed by atoms with Crippen molar-refractivity contribution < 1.29 is 18.9 Å². The van der Waals surface area contributed by atoms with Crippen LogP contribution < -0.4 is 5.56 Å². The van der Waals surface area contributed by atoms with Crippen LogP contribution in [0.15, 0.2) is 63.9 Å². The van der Waals surface area contributed by atoms with E-state index in [-0.39, 0.29) is 45.4 Å². The normalized spacial score (nSPS) is 10.7. The van der Waals surface area contributed by atoms with Crippen molar-refractivity contribution in [3.05, 3.63) is 96.7 Å². The maximum Gasteiger partial charge on any atom is 0.340 e. The van der Waals surface area contributed by atoms with Gasteiger partial charge in [0.1, 0.15) is 5.02 Å². The summed E-state index contributed by atoms with van der Waals surface area (Å²) in [6.07, 6.45) is 1.19. The van der Waals surface area contributed by atoms with Gasteiger partial charge in [0.15, 0.2) is 6.61 Å². The number of nitro benzene ring substituents is 1. The number of ether oxygens (including phenoxy) is 1. The lowest BCUT2D eigenvalue weighted by Crippen LogP contribution is -2.23. The van der Waals surface area contributed by atoms with Crippen molar-refractivity contribution in [3.8, 4) is 17.1 Å². The first kappa shape index (κ1) is 22.1. The number of para-hydroxylation sites is 1. The molecular formula is C20H11Cl2N5O6. The molecule has 13 heteroatoms. The highest BCUT2D eigenvalue weighted by atomic mass is 35.5. The number of aromatic nitrogens is 4. The summed E-state index contributed by atoms with van der Waals surface area (Å²) in [5.41, 5.74) is -0.138. The molecule has 2 aromatic heterocycles. The molecule has 2 aromatic carbocycles. The fraction of sp³-hybridized carbons (Fsp3) is 0.0500. The summed E-state index contributed by atoms with van der Waals surface area (Å²) in [6, 6.07) is 11.7. The molecule has 0 atom stereocenters. The number of hydrogen-bond acceptors (Lipinski definition) is 9. The Labute approximate surface area is 194 Å². The third-order valence-corrected chi connectivity index (χ3v) is 5.10. The van der Waals surface area contributed by atoms with E-state index in [0.29, 0.717) is 5.56 Å². The molecule has 4 aromatic rings. The Morgan fingerprint density at radius 3 is 2.58 bits per heavy atom. The van der Waals surface area contributed by atoms with Crippen LogP contribution >= 0.6 is 23.2 Å². The van der Waals surface area contributed by atoms with E-state index in [2.05, 4.69) is 15.3 Å². The van der Waals surface area contributed by atoms with Crippen molar-refractivity contribution in [2.24, 2.45) is 0 Å². The summed E-state index contributed by atoms with van der Waals surface area (Å²) in [4.78, 5) is 35.3. The van der Waals surface area contributed by atoms with Gasteiger partial charge >= 0.3 is 5.97 Å². The number of nitro groups is 1. The molecule has 4 rings (SSSR count). The monoisotopic (exact) mass is 487 g/mol. The molecular weight excluding hydrogens is 477 g/mol. The van der Waals surface area contributed by atoms with Crippen LogP contribution in [0, 0.1) is 10.1 Å². The van der Waals surface area contributed by atoms with Gasteiger partial charge in [-0.3, -0.25) is 14.9 Å². The lowest BCUT2D eigenvalue weighted by molar-refractivity contribution is -0.384. The first-order valence-electron chi connectivity index (χ1n) is 9.12. The highest BCUT2D eigenvalue weighted by molar-refractivity contribution is 6.41. The molecule has 0 bridgehead atoms. The zero-order valence-electron chi connectivity index (χ0n) is 16.3. The number of benzene rings is 2. The molecule has 11 nitrogen and oxygen atoms in total. The number of rotatable bonds is 6. The van der Waals surface area contributed by atoms with Crippen molar-refractivity contribution >= 4 is 34.9 Å². The second-order valence-electron chi connectivity index (χ2n) is 6.42.